The van der Waals surface area contributed by atoms with Crippen molar-refractivity contribution in [3.63, 3.8) is 0 Å². The van der Waals surface area contributed by atoms with Crippen LogP contribution in [0.1, 0.15) is 0 Å². The molecule has 0 radical (unpaired) electrons. The number of rotatable bonds is 2. The van der Waals surface area contributed by atoms with Gasteiger partial charge in [-0.05, 0) is 11.5 Å². The molecule has 3 rings (SSSR count). The number of hydrogen-bond donors (Lipinski definition) is 0. The van der Waals surface area contributed by atoms with Gasteiger partial charge in [-0.15, -0.1) is 0 Å². The number of halogens is 1. The Balaban J connectivity index is 2.13. The van der Waals surface area contributed by atoms with Gasteiger partial charge < -0.3 is 0 Å². The van der Waals surface area contributed by atoms with Crippen LogP contribution in [-0.2, 0) is 0 Å². The molecule has 2 aromatic carbocycles. The van der Waals surface area contributed by atoms with Gasteiger partial charge in [-0.25, -0.2) is 4.84 Å². The minimum Gasteiger partial charge on any atom is -0.252 e. The lowest BCUT2D eigenvalue weighted by atomic mass is 10.1. The summed E-state index contributed by atoms with van der Waals surface area (Å²) in [6.45, 7) is 0. The molecular weight excluding hydrogens is 248 g/mol. The number of benzene rings is 2. The third kappa shape index (κ3) is 2.00. The summed E-state index contributed by atoms with van der Waals surface area (Å²) in [6, 6.07) is 11.8. The summed E-state index contributed by atoms with van der Waals surface area (Å²) in [6.07, 6.45) is 6.74. The van der Waals surface area contributed by atoms with Crippen molar-refractivity contribution in [1.29, 1.82) is 0 Å². The van der Waals surface area contributed by atoms with Gasteiger partial charge in [0.25, 0.3) is 0 Å². The predicted molar refractivity (Wildman–Crippen MR) is 69.4 cm³/mol. The van der Waals surface area contributed by atoms with Gasteiger partial charge >= 0.3 is 0 Å². The first-order chi connectivity index (χ1) is 8.84. The van der Waals surface area contributed by atoms with E-state index in [1.54, 1.807) is 29.5 Å². The van der Waals surface area contributed by atoms with Gasteiger partial charge in [0.1, 0.15) is 0 Å². The number of fused-ring (bicyclic) bond motifs is 1. The van der Waals surface area contributed by atoms with Crippen LogP contribution in [0.25, 0.3) is 10.8 Å². The molecule has 1 heterocycles. The molecule has 0 fully saturated rings. The summed E-state index contributed by atoms with van der Waals surface area (Å²) in [7, 11) is 0. The van der Waals surface area contributed by atoms with Crippen molar-refractivity contribution in [3.05, 3.63) is 66.2 Å². The molecule has 0 aliphatic carbocycles. The van der Waals surface area contributed by atoms with Gasteiger partial charge in [0.15, 0.2) is 0 Å². The van der Waals surface area contributed by atoms with Gasteiger partial charge in [0.2, 0.25) is 18.1 Å². The van der Waals surface area contributed by atoms with Gasteiger partial charge in [-0.1, -0.05) is 41.9 Å². The summed E-state index contributed by atoms with van der Waals surface area (Å²) < 4.78 is 1.57. The predicted octanol–water partition coefficient (Wildman–Crippen LogP) is 3.02. The average Bonchev–Trinajstić information content (AvgIpc) is 2.43. The minimum atomic E-state index is 0.581. The molecule has 3 aromatic rings. The highest BCUT2D eigenvalue weighted by atomic mass is 35.5. The third-order valence-corrected chi connectivity index (χ3v) is 2.93. The van der Waals surface area contributed by atoms with E-state index in [2.05, 4.69) is 4.98 Å². The second-order valence-electron chi connectivity index (χ2n) is 3.79. The molecule has 4 heteroatoms. The molecule has 0 aliphatic heterocycles. The zero-order valence-corrected chi connectivity index (χ0v) is 10.2. The van der Waals surface area contributed by atoms with Crippen molar-refractivity contribution < 1.29 is 9.57 Å². The van der Waals surface area contributed by atoms with E-state index in [0.29, 0.717) is 10.8 Å². The largest absolute Gasteiger partial charge is 0.252 e. The highest BCUT2D eigenvalue weighted by Gasteiger charge is 2.12. The van der Waals surface area contributed by atoms with Crippen LogP contribution in [0.4, 0.5) is 0 Å². The molecule has 0 saturated heterocycles. The monoisotopic (exact) mass is 257 g/mol. The van der Waals surface area contributed by atoms with E-state index in [9.17, 15) is 0 Å². The van der Waals surface area contributed by atoms with Gasteiger partial charge in [-0.2, -0.15) is 0 Å². The van der Waals surface area contributed by atoms with E-state index in [4.69, 9.17) is 16.4 Å². The van der Waals surface area contributed by atoms with Crippen molar-refractivity contribution in [2.24, 2.45) is 0 Å². The molecule has 0 atom stereocenters. The second-order valence-corrected chi connectivity index (χ2v) is 4.20. The van der Waals surface area contributed by atoms with Crippen LogP contribution in [0, 0.1) is 0 Å². The summed E-state index contributed by atoms with van der Waals surface area (Å²) in [4.78, 5) is 9.71. The Labute approximate surface area is 109 Å². The van der Waals surface area contributed by atoms with E-state index in [1.807, 2.05) is 36.4 Å². The Hall–Kier alpha value is -2.13. The second kappa shape index (κ2) is 4.63. The van der Waals surface area contributed by atoms with Gasteiger partial charge in [0, 0.05) is 10.1 Å². The number of hydrogen-bond acceptors (Lipinski definition) is 2. The van der Waals surface area contributed by atoms with E-state index in [0.717, 1.165) is 10.8 Å². The van der Waals surface area contributed by atoms with Crippen molar-refractivity contribution >= 4 is 22.4 Å². The molecule has 0 bridgehead atoms. The first kappa shape index (κ1) is 11.0. The standard InChI is InChI=1S/C14H10ClN2O/c15-13-6-5-11-3-1-2-4-12(11)14(13)18-17-9-7-16-8-10-17/h1-10H/q+1. The Morgan fingerprint density at radius 1 is 1.00 bits per heavy atom. The van der Waals surface area contributed by atoms with Crippen molar-refractivity contribution in [2.75, 3.05) is 0 Å². The summed E-state index contributed by atoms with van der Waals surface area (Å²) in [5.41, 5.74) is 0. The maximum absolute atomic E-state index is 6.20. The third-order valence-electron chi connectivity index (χ3n) is 2.63. The maximum Gasteiger partial charge on any atom is 0.241 e. The highest BCUT2D eigenvalue weighted by molar-refractivity contribution is 6.33. The molecule has 88 valence electrons. The lowest BCUT2D eigenvalue weighted by Gasteiger charge is -2.04. The van der Waals surface area contributed by atoms with Crippen LogP contribution in [0.2, 0.25) is 5.02 Å². The van der Waals surface area contributed by atoms with Crippen LogP contribution in [0.5, 0.6) is 5.75 Å². The SMILES string of the molecule is Clc1ccc2ccccc2c1O[n+]1ccncc1. The molecule has 0 unspecified atom stereocenters. The topological polar surface area (TPSA) is 26.0 Å². The van der Waals surface area contributed by atoms with E-state index < -0.39 is 0 Å². The molecule has 18 heavy (non-hydrogen) atoms. The molecule has 0 N–H and O–H groups in total. The molecular formula is C14H10ClN2O+. The first-order valence-corrected chi connectivity index (χ1v) is 5.89. The molecule has 0 saturated carbocycles. The van der Waals surface area contributed by atoms with Gasteiger partial charge in [-0.3, -0.25) is 4.98 Å². The minimum absolute atomic E-state index is 0.581. The zero-order chi connectivity index (χ0) is 12.4. The van der Waals surface area contributed by atoms with Crippen LogP contribution in [0.15, 0.2) is 61.2 Å². The quantitative estimate of drug-likeness (QED) is 0.660. The van der Waals surface area contributed by atoms with Crippen molar-refractivity contribution in [3.8, 4) is 5.75 Å². The Bertz CT molecular complexity index is 686. The van der Waals surface area contributed by atoms with Crippen LogP contribution >= 0.6 is 11.6 Å². The Morgan fingerprint density at radius 2 is 1.78 bits per heavy atom. The normalized spacial score (nSPS) is 10.5. The summed E-state index contributed by atoms with van der Waals surface area (Å²) >= 11 is 6.20. The first-order valence-electron chi connectivity index (χ1n) is 5.51. The van der Waals surface area contributed by atoms with E-state index in [1.165, 1.54) is 0 Å². The smallest absolute Gasteiger partial charge is 0.241 e. The van der Waals surface area contributed by atoms with Crippen LogP contribution in [0.3, 0.4) is 0 Å². The fourth-order valence-corrected chi connectivity index (χ4v) is 1.98. The maximum atomic E-state index is 6.20. The van der Waals surface area contributed by atoms with Crippen LogP contribution in [-0.4, -0.2) is 4.98 Å². The van der Waals surface area contributed by atoms with Crippen molar-refractivity contribution in [2.45, 2.75) is 0 Å². The number of aromatic nitrogens is 2. The fourth-order valence-electron chi connectivity index (χ4n) is 1.78. The van der Waals surface area contributed by atoms with Gasteiger partial charge in [0.05, 0.1) is 17.4 Å². The molecule has 3 nitrogen and oxygen atoms in total. The summed E-state index contributed by atoms with van der Waals surface area (Å²) in [5.74, 6) is 0.644. The molecule has 0 amide bonds. The number of nitrogens with zero attached hydrogens (tertiary/aromatic N) is 2. The zero-order valence-electron chi connectivity index (χ0n) is 9.45. The lowest BCUT2D eigenvalue weighted by molar-refractivity contribution is -0.875. The molecule has 0 spiro atoms. The molecule has 1 aromatic heterocycles. The van der Waals surface area contributed by atoms with E-state index >= 15 is 0 Å². The molecule has 0 aliphatic rings. The fraction of sp³-hybridized carbons (Fsp3) is 0. The average molecular weight is 258 g/mol. The van der Waals surface area contributed by atoms with Crippen LogP contribution < -0.4 is 9.57 Å². The highest BCUT2D eigenvalue weighted by Crippen LogP contribution is 2.32. The van der Waals surface area contributed by atoms with E-state index in [-0.39, 0.29) is 0 Å². The summed E-state index contributed by atoms with van der Waals surface area (Å²) in [5, 5.41) is 2.65. The van der Waals surface area contributed by atoms with Crippen molar-refractivity contribution in [1.82, 2.24) is 4.98 Å². The Kier molecular flexibility index (Phi) is 2.82. The Morgan fingerprint density at radius 3 is 2.61 bits per heavy atom. The lowest BCUT2D eigenvalue weighted by Crippen LogP contribution is -2.38.